The lowest BCUT2D eigenvalue weighted by atomic mass is 9.90. The second-order valence-corrected chi connectivity index (χ2v) is 10.1. The van der Waals surface area contributed by atoms with Crippen molar-refractivity contribution in [3.05, 3.63) is 175 Å². The second-order valence-electron chi connectivity index (χ2n) is 10.1. The highest BCUT2D eigenvalue weighted by atomic mass is 16.5. The van der Waals surface area contributed by atoms with Gasteiger partial charge in [0.05, 0.1) is 12.8 Å². The molecule has 0 heterocycles. The summed E-state index contributed by atoms with van der Waals surface area (Å²) < 4.78 is 5.40. The lowest BCUT2D eigenvalue weighted by molar-refractivity contribution is 0.103. The molecule has 0 fully saturated rings. The van der Waals surface area contributed by atoms with Crippen molar-refractivity contribution in [1.82, 2.24) is 0 Å². The van der Waals surface area contributed by atoms with Crippen LogP contribution in [-0.4, -0.2) is 12.9 Å². The maximum absolute atomic E-state index is 13.6. The van der Waals surface area contributed by atoms with Crippen LogP contribution in [0.4, 0.5) is 17.1 Å². The lowest BCUT2D eigenvalue weighted by Gasteiger charge is -2.28. The van der Waals surface area contributed by atoms with E-state index in [0.717, 1.165) is 50.6 Å². The van der Waals surface area contributed by atoms with Gasteiger partial charge in [-0.15, -0.1) is 0 Å². The zero-order valence-corrected chi connectivity index (χ0v) is 24.0. The highest BCUT2D eigenvalue weighted by Crippen LogP contribution is 2.42. The number of para-hydroxylation sites is 2. The maximum atomic E-state index is 13.6. The van der Waals surface area contributed by atoms with Crippen LogP contribution in [0.3, 0.4) is 0 Å². The van der Waals surface area contributed by atoms with Crippen LogP contribution < -0.4 is 9.64 Å². The highest BCUT2D eigenvalue weighted by Gasteiger charge is 2.20. The van der Waals surface area contributed by atoms with Gasteiger partial charge < -0.3 is 9.64 Å². The van der Waals surface area contributed by atoms with E-state index in [1.165, 1.54) is 0 Å². The van der Waals surface area contributed by atoms with Crippen molar-refractivity contribution < 1.29 is 9.53 Å². The Kier molecular flexibility index (Phi) is 7.97. The fourth-order valence-electron chi connectivity index (χ4n) is 5.46. The molecular weight excluding hydrogens is 526 g/mol. The van der Waals surface area contributed by atoms with Crippen LogP contribution in [0.15, 0.2) is 158 Å². The summed E-state index contributed by atoms with van der Waals surface area (Å²) in [5, 5.41) is 0. The molecule has 208 valence electrons. The number of hydrogen-bond acceptors (Lipinski definition) is 3. The molecule has 43 heavy (non-hydrogen) atoms. The summed E-state index contributed by atoms with van der Waals surface area (Å²) in [6.07, 6.45) is 1.81. The number of rotatable bonds is 9. The van der Waals surface area contributed by atoms with Crippen LogP contribution in [0, 0.1) is 0 Å². The number of carbonyl (C=O) groups is 1. The molecule has 3 nitrogen and oxygen atoms in total. The molecule has 0 unspecified atom stereocenters. The van der Waals surface area contributed by atoms with E-state index >= 15 is 0 Å². The monoisotopic (exact) mass is 557 g/mol. The predicted octanol–water partition coefficient (Wildman–Crippen LogP) is 10.4. The minimum Gasteiger partial charge on any atom is -0.497 e. The van der Waals surface area contributed by atoms with E-state index in [2.05, 4.69) is 96.4 Å². The van der Waals surface area contributed by atoms with Gasteiger partial charge in [0.25, 0.3) is 0 Å². The summed E-state index contributed by atoms with van der Waals surface area (Å²) in [4.78, 5) is 15.9. The second kappa shape index (κ2) is 12.5. The van der Waals surface area contributed by atoms with Gasteiger partial charge >= 0.3 is 0 Å². The third kappa shape index (κ3) is 5.61. The van der Waals surface area contributed by atoms with E-state index in [-0.39, 0.29) is 5.78 Å². The number of methoxy groups -OCH3 is 1. The van der Waals surface area contributed by atoms with Gasteiger partial charge in [-0.3, -0.25) is 4.79 Å². The lowest BCUT2D eigenvalue weighted by Crippen LogP contribution is -2.11. The Labute approximate surface area is 253 Å². The highest BCUT2D eigenvalue weighted by molar-refractivity contribution is 6.13. The van der Waals surface area contributed by atoms with E-state index in [4.69, 9.17) is 4.74 Å². The summed E-state index contributed by atoms with van der Waals surface area (Å²) in [7, 11) is 1.68. The smallest absolute Gasteiger partial charge is 0.193 e. The van der Waals surface area contributed by atoms with Crippen molar-refractivity contribution in [3.8, 4) is 28.0 Å². The SMILES string of the molecule is C=Cc1cccc(C(=O)c2ccccc2)c1-c1ccc(N(c2ccccc2)c2ccccc2-c2ccc(OC)cc2)cc1. The van der Waals surface area contributed by atoms with Crippen molar-refractivity contribution in [2.45, 2.75) is 0 Å². The summed E-state index contributed by atoms with van der Waals surface area (Å²) in [6, 6.07) is 50.5. The van der Waals surface area contributed by atoms with Crippen molar-refractivity contribution in [2.75, 3.05) is 12.0 Å². The third-order valence-electron chi connectivity index (χ3n) is 7.57. The van der Waals surface area contributed by atoms with Crippen LogP contribution in [0.5, 0.6) is 5.75 Å². The Balaban J connectivity index is 1.46. The van der Waals surface area contributed by atoms with E-state index < -0.39 is 0 Å². The molecule has 0 aliphatic rings. The number of ether oxygens (including phenoxy) is 1. The average Bonchev–Trinajstić information content (AvgIpc) is 3.09. The van der Waals surface area contributed by atoms with Gasteiger partial charge in [0.15, 0.2) is 5.78 Å². The Hall–Kier alpha value is -5.67. The topological polar surface area (TPSA) is 29.5 Å². The molecule has 6 rings (SSSR count). The van der Waals surface area contributed by atoms with Crippen LogP contribution in [0.1, 0.15) is 21.5 Å². The first-order chi connectivity index (χ1) is 21.2. The van der Waals surface area contributed by atoms with E-state index in [9.17, 15) is 4.79 Å². The first-order valence-corrected chi connectivity index (χ1v) is 14.2. The summed E-state index contributed by atoms with van der Waals surface area (Å²) >= 11 is 0. The van der Waals surface area contributed by atoms with Crippen molar-refractivity contribution in [3.63, 3.8) is 0 Å². The number of nitrogens with zero attached hydrogens (tertiary/aromatic N) is 1. The van der Waals surface area contributed by atoms with Gasteiger partial charge in [-0.05, 0) is 59.2 Å². The van der Waals surface area contributed by atoms with Gasteiger partial charge in [0.1, 0.15) is 5.75 Å². The zero-order chi connectivity index (χ0) is 29.6. The van der Waals surface area contributed by atoms with Crippen LogP contribution in [0.2, 0.25) is 0 Å². The summed E-state index contributed by atoms with van der Waals surface area (Å²) in [6.45, 7) is 4.04. The fourth-order valence-corrected chi connectivity index (χ4v) is 5.46. The van der Waals surface area contributed by atoms with Crippen molar-refractivity contribution in [2.24, 2.45) is 0 Å². The van der Waals surface area contributed by atoms with Crippen molar-refractivity contribution >= 4 is 28.9 Å². The van der Waals surface area contributed by atoms with Gasteiger partial charge in [0.2, 0.25) is 0 Å². The first-order valence-electron chi connectivity index (χ1n) is 14.2. The van der Waals surface area contributed by atoms with Crippen LogP contribution >= 0.6 is 0 Å². The molecule has 0 aliphatic carbocycles. The number of hydrogen-bond donors (Lipinski definition) is 0. The average molecular weight is 558 g/mol. The number of carbonyl (C=O) groups excluding carboxylic acids is 1. The molecule has 0 atom stereocenters. The van der Waals surface area contributed by atoms with Crippen LogP contribution in [-0.2, 0) is 0 Å². The third-order valence-corrected chi connectivity index (χ3v) is 7.57. The molecular formula is C40H31NO2. The van der Waals surface area contributed by atoms with E-state index in [1.54, 1.807) is 7.11 Å². The van der Waals surface area contributed by atoms with Gasteiger partial charge in [0, 0.05) is 33.6 Å². The van der Waals surface area contributed by atoms with Gasteiger partial charge in [-0.25, -0.2) is 0 Å². The number of ketones is 1. The Bertz CT molecular complexity index is 1860. The van der Waals surface area contributed by atoms with Crippen LogP contribution in [0.25, 0.3) is 28.3 Å². The molecule has 0 saturated heterocycles. The molecule has 0 aliphatic heterocycles. The molecule has 0 aromatic heterocycles. The van der Waals surface area contributed by atoms with Gasteiger partial charge in [-0.1, -0.05) is 122 Å². The molecule has 0 N–H and O–H groups in total. The minimum absolute atomic E-state index is 0.0114. The molecule has 6 aromatic carbocycles. The molecule has 3 heteroatoms. The zero-order valence-electron chi connectivity index (χ0n) is 24.0. The number of anilines is 3. The Morgan fingerprint density at radius 3 is 1.91 bits per heavy atom. The largest absolute Gasteiger partial charge is 0.497 e. The molecule has 0 saturated carbocycles. The minimum atomic E-state index is -0.0114. The normalized spacial score (nSPS) is 10.6. The Morgan fingerprint density at radius 2 is 1.23 bits per heavy atom. The van der Waals surface area contributed by atoms with E-state index in [1.807, 2.05) is 72.8 Å². The van der Waals surface area contributed by atoms with Gasteiger partial charge in [-0.2, -0.15) is 0 Å². The standard InChI is InChI=1S/C40H31NO2/c1-3-29-15-12-19-37(40(42)32-13-6-4-7-14-32)39(29)31-21-25-34(26-22-31)41(33-16-8-5-9-17-33)38-20-11-10-18-36(38)30-23-27-35(43-2)28-24-30/h3-28H,1H2,2H3. The Morgan fingerprint density at radius 1 is 0.628 bits per heavy atom. The fraction of sp³-hybridized carbons (Fsp3) is 0.0250. The molecule has 0 bridgehead atoms. The summed E-state index contributed by atoms with van der Waals surface area (Å²) in [5.41, 5.74) is 9.36. The first kappa shape index (κ1) is 27.5. The predicted molar refractivity (Wildman–Crippen MR) is 179 cm³/mol. The quantitative estimate of drug-likeness (QED) is 0.166. The summed E-state index contributed by atoms with van der Waals surface area (Å²) in [5.74, 6) is 0.810. The van der Waals surface area contributed by atoms with Crippen molar-refractivity contribution in [1.29, 1.82) is 0 Å². The maximum Gasteiger partial charge on any atom is 0.193 e. The molecule has 0 spiro atoms. The number of benzene rings is 6. The molecule has 6 aromatic rings. The molecule has 0 radical (unpaired) electrons. The van der Waals surface area contributed by atoms with E-state index in [0.29, 0.717) is 11.1 Å². The molecule has 0 amide bonds.